The predicted octanol–water partition coefficient (Wildman–Crippen LogP) is 4.43. The lowest BCUT2D eigenvalue weighted by molar-refractivity contribution is 0.0934. The molecule has 0 radical (unpaired) electrons. The Labute approximate surface area is 200 Å². The van der Waals surface area contributed by atoms with Crippen molar-refractivity contribution in [1.82, 2.24) is 15.2 Å². The lowest BCUT2D eigenvalue weighted by Crippen LogP contribution is -2.37. The highest BCUT2D eigenvalue weighted by Gasteiger charge is 2.25. The largest absolute Gasteiger partial charge is 0.352 e. The average Bonchev–Trinajstić information content (AvgIpc) is 3.40. The van der Waals surface area contributed by atoms with Crippen LogP contribution >= 0.6 is 0 Å². The number of hydrogen-bond acceptors (Lipinski definition) is 3. The quantitative estimate of drug-likeness (QED) is 0.525. The summed E-state index contributed by atoms with van der Waals surface area (Å²) in [5, 5.41) is 5.77. The van der Waals surface area contributed by atoms with Gasteiger partial charge in [-0.15, -0.1) is 0 Å². The van der Waals surface area contributed by atoms with Crippen LogP contribution in [0.25, 0.3) is 0 Å². The van der Waals surface area contributed by atoms with E-state index in [1.165, 1.54) is 0 Å². The summed E-state index contributed by atoms with van der Waals surface area (Å²) in [6, 6.07) is 19.5. The van der Waals surface area contributed by atoms with Gasteiger partial charge in [0.15, 0.2) is 0 Å². The van der Waals surface area contributed by atoms with E-state index in [1.807, 2.05) is 65.2 Å². The third-order valence-corrected chi connectivity index (χ3v) is 6.41. The Morgan fingerprint density at radius 3 is 2.12 bits per heavy atom. The van der Waals surface area contributed by atoms with E-state index in [-0.39, 0.29) is 23.2 Å². The molecular formula is C28H31N3O3. The van der Waals surface area contributed by atoms with E-state index in [9.17, 15) is 14.4 Å². The Bertz CT molecular complexity index is 1180. The van der Waals surface area contributed by atoms with E-state index in [4.69, 9.17) is 0 Å². The molecule has 1 atom stereocenters. The molecule has 3 aromatic rings. The first-order valence-corrected chi connectivity index (χ1v) is 12.0. The van der Waals surface area contributed by atoms with E-state index in [2.05, 4.69) is 10.6 Å². The van der Waals surface area contributed by atoms with Gasteiger partial charge in [-0.3, -0.25) is 14.4 Å². The summed E-state index contributed by atoms with van der Waals surface area (Å²) in [6.07, 6.45) is 7.96. The van der Waals surface area contributed by atoms with Crippen LogP contribution in [0, 0.1) is 0 Å². The van der Waals surface area contributed by atoms with Crippen LogP contribution in [0.3, 0.4) is 0 Å². The summed E-state index contributed by atoms with van der Waals surface area (Å²) in [4.78, 5) is 39.4. The van der Waals surface area contributed by atoms with Gasteiger partial charge >= 0.3 is 0 Å². The van der Waals surface area contributed by atoms with Crippen molar-refractivity contribution in [3.8, 4) is 0 Å². The predicted molar refractivity (Wildman–Crippen MR) is 133 cm³/mol. The molecular weight excluding hydrogens is 426 g/mol. The molecule has 2 amide bonds. The highest BCUT2D eigenvalue weighted by atomic mass is 16.2. The van der Waals surface area contributed by atoms with Crippen molar-refractivity contribution >= 4 is 11.8 Å². The number of pyridine rings is 1. The van der Waals surface area contributed by atoms with Gasteiger partial charge < -0.3 is 15.2 Å². The van der Waals surface area contributed by atoms with Gasteiger partial charge in [0.2, 0.25) is 5.43 Å². The normalized spacial score (nSPS) is 14.5. The SMILES string of the molecule is CCNC(=O)c1cn(C2CCCC2)cc(C(=O)NC(Cc2ccccc2)c2ccccc2)c1=O. The molecule has 0 spiro atoms. The van der Waals surface area contributed by atoms with Gasteiger partial charge in [-0.25, -0.2) is 0 Å². The van der Waals surface area contributed by atoms with Gasteiger partial charge in [-0.1, -0.05) is 73.5 Å². The number of aromatic nitrogens is 1. The summed E-state index contributed by atoms with van der Waals surface area (Å²) >= 11 is 0. The number of nitrogens with zero attached hydrogens (tertiary/aromatic N) is 1. The zero-order valence-electron chi connectivity index (χ0n) is 19.5. The zero-order valence-corrected chi connectivity index (χ0v) is 19.5. The van der Waals surface area contributed by atoms with Crippen LogP contribution in [-0.4, -0.2) is 22.9 Å². The Kier molecular flexibility index (Phi) is 7.58. The minimum Gasteiger partial charge on any atom is -0.352 e. The first-order valence-electron chi connectivity index (χ1n) is 12.0. The number of nitrogens with one attached hydrogen (secondary N) is 2. The monoisotopic (exact) mass is 457 g/mol. The number of carbonyl (C=O) groups is 2. The fourth-order valence-electron chi connectivity index (χ4n) is 4.61. The fraction of sp³-hybridized carbons (Fsp3) is 0.321. The van der Waals surface area contributed by atoms with Gasteiger partial charge in [0.25, 0.3) is 11.8 Å². The van der Waals surface area contributed by atoms with Gasteiger partial charge in [0.1, 0.15) is 11.1 Å². The third-order valence-electron chi connectivity index (χ3n) is 6.41. The second-order valence-electron chi connectivity index (χ2n) is 8.79. The zero-order chi connectivity index (χ0) is 23.9. The Hall–Kier alpha value is -3.67. The molecule has 1 aliphatic rings. The number of amides is 2. The molecule has 1 fully saturated rings. The van der Waals surface area contributed by atoms with Gasteiger partial charge in [-0.2, -0.15) is 0 Å². The van der Waals surface area contributed by atoms with E-state index in [1.54, 1.807) is 19.3 Å². The van der Waals surface area contributed by atoms with Crippen molar-refractivity contribution in [3.05, 3.63) is 106 Å². The lowest BCUT2D eigenvalue weighted by Gasteiger charge is -2.21. The minimum absolute atomic E-state index is 0.00430. The van der Waals surface area contributed by atoms with Crippen LogP contribution < -0.4 is 16.1 Å². The molecule has 1 saturated carbocycles. The molecule has 2 aromatic carbocycles. The van der Waals surface area contributed by atoms with Crippen LogP contribution in [0.5, 0.6) is 0 Å². The van der Waals surface area contributed by atoms with Crippen molar-refractivity contribution in [1.29, 1.82) is 0 Å². The van der Waals surface area contributed by atoms with Crippen molar-refractivity contribution in [2.75, 3.05) is 6.54 Å². The second kappa shape index (κ2) is 11.0. The average molecular weight is 458 g/mol. The minimum atomic E-state index is -0.538. The lowest BCUT2D eigenvalue weighted by atomic mass is 9.98. The summed E-state index contributed by atoms with van der Waals surface area (Å²) < 4.78 is 1.89. The van der Waals surface area contributed by atoms with Crippen LogP contribution in [0.15, 0.2) is 77.9 Å². The van der Waals surface area contributed by atoms with Crippen molar-refractivity contribution < 1.29 is 9.59 Å². The maximum atomic E-state index is 13.5. The smallest absolute Gasteiger partial charge is 0.257 e. The molecule has 0 bridgehead atoms. The molecule has 2 N–H and O–H groups in total. The van der Waals surface area contributed by atoms with Crippen molar-refractivity contribution in [2.45, 2.75) is 51.1 Å². The van der Waals surface area contributed by atoms with Crippen LogP contribution in [0.4, 0.5) is 0 Å². The topological polar surface area (TPSA) is 80.2 Å². The first-order chi connectivity index (χ1) is 16.6. The highest BCUT2D eigenvalue weighted by Crippen LogP contribution is 2.29. The molecule has 1 unspecified atom stereocenters. The number of rotatable bonds is 8. The molecule has 0 saturated heterocycles. The Morgan fingerprint density at radius 1 is 0.912 bits per heavy atom. The van der Waals surface area contributed by atoms with E-state index in [0.29, 0.717) is 13.0 Å². The molecule has 1 aliphatic carbocycles. The van der Waals surface area contributed by atoms with E-state index < -0.39 is 17.2 Å². The van der Waals surface area contributed by atoms with Crippen LogP contribution in [0.1, 0.15) is 76.5 Å². The highest BCUT2D eigenvalue weighted by molar-refractivity contribution is 5.99. The maximum absolute atomic E-state index is 13.5. The van der Waals surface area contributed by atoms with E-state index >= 15 is 0 Å². The number of carbonyl (C=O) groups excluding carboxylic acids is 2. The number of benzene rings is 2. The second-order valence-corrected chi connectivity index (χ2v) is 8.79. The third kappa shape index (κ3) is 5.45. The number of hydrogen-bond donors (Lipinski definition) is 2. The first kappa shape index (κ1) is 23.5. The summed E-state index contributed by atoms with van der Waals surface area (Å²) in [7, 11) is 0. The molecule has 1 heterocycles. The maximum Gasteiger partial charge on any atom is 0.257 e. The molecule has 4 rings (SSSR count). The van der Waals surface area contributed by atoms with Gasteiger partial charge in [0.05, 0.1) is 6.04 Å². The molecule has 176 valence electrons. The van der Waals surface area contributed by atoms with Crippen LogP contribution in [0.2, 0.25) is 0 Å². The van der Waals surface area contributed by atoms with Crippen molar-refractivity contribution in [3.63, 3.8) is 0 Å². The molecule has 0 aliphatic heterocycles. The molecule has 6 nitrogen and oxygen atoms in total. The van der Waals surface area contributed by atoms with Crippen molar-refractivity contribution in [2.24, 2.45) is 0 Å². The summed E-state index contributed by atoms with van der Waals surface area (Å²) in [5.41, 5.74) is 1.52. The van der Waals surface area contributed by atoms with Gasteiger partial charge in [-0.05, 0) is 37.3 Å². The fourth-order valence-corrected chi connectivity index (χ4v) is 4.61. The van der Waals surface area contributed by atoms with Gasteiger partial charge in [0, 0.05) is 25.0 Å². The summed E-state index contributed by atoms with van der Waals surface area (Å²) in [5.74, 6) is -0.912. The molecule has 1 aromatic heterocycles. The Balaban J connectivity index is 1.69. The molecule has 34 heavy (non-hydrogen) atoms. The Morgan fingerprint density at radius 2 is 1.50 bits per heavy atom. The van der Waals surface area contributed by atoms with Crippen LogP contribution in [-0.2, 0) is 6.42 Å². The standard InChI is InChI=1S/C28H31N3O3/c1-2-29-27(33)23-18-31(22-15-9-10-16-22)19-24(26(23)32)28(34)30-25(21-13-7-4-8-14-21)17-20-11-5-3-6-12-20/h3-8,11-14,18-19,22,25H,2,9-10,15-17H2,1H3,(H,29,33)(H,30,34). The molecule has 6 heteroatoms. The van der Waals surface area contributed by atoms with E-state index in [0.717, 1.165) is 36.8 Å². The summed E-state index contributed by atoms with van der Waals surface area (Å²) in [6.45, 7) is 2.21.